The summed E-state index contributed by atoms with van der Waals surface area (Å²) in [6.45, 7) is 0. The molecule has 0 unspecified atom stereocenters. The van der Waals surface area contributed by atoms with Crippen molar-refractivity contribution in [1.29, 1.82) is 0 Å². The first-order chi connectivity index (χ1) is 28.3. The first kappa shape index (κ1) is 33.2. The van der Waals surface area contributed by atoms with Gasteiger partial charge in [-0.25, -0.2) is 0 Å². The molecule has 0 amide bonds. The minimum absolute atomic E-state index is 1.11. The summed E-state index contributed by atoms with van der Waals surface area (Å²) in [6, 6.07) is 79.3. The van der Waals surface area contributed by atoms with Crippen LogP contribution in [0.1, 0.15) is 0 Å². The van der Waals surface area contributed by atoms with Gasteiger partial charge in [-0.2, -0.15) is 0 Å². The molecule has 0 saturated carbocycles. The van der Waals surface area contributed by atoms with E-state index in [0.29, 0.717) is 0 Å². The molecule has 2 aromatic heterocycles. The fraction of sp³-hybridized carbons (Fsp3) is 0. The van der Waals surface area contributed by atoms with Crippen LogP contribution in [0.4, 0.5) is 17.1 Å². The fourth-order valence-corrected chi connectivity index (χ4v) is 9.76. The lowest BCUT2D eigenvalue weighted by atomic mass is 9.97. The highest BCUT2D eigenvalue weighted by Gasteiger charge is 2.20. The molecule has 11 rings (SSSR count). The highest BCUT2D eigenvalue weighted by molar-refractivity contribution is 7.26. The van der Waals surface area contributed by atoms with Crippen molar-refractivity contribution in [3.8, 4) is 39.1 Å². The zero-order valence-corrected chi connectivity index (χ0v) is 31.9. The highest BCUT2D eigenvalue weighted by atomic mass is 32.1. The number of rotatable bonds is 7. The molecule has 0 aliphatic carbocycles. The highest BCUT2D eigenvalue weighted by Crippen LogP contribution is 2.46. The maximum absolute atomic E-state index is 2.42. The van der Waals surface area contributed by atoms with Gasteiger partial charge < -0.3 is 9.47 Å². The van der Waals surface area contributed by atoms with Gasteiger partial charge >= 0.3 is 0 Å². The van der Waals surface area contributed by atoms with Crippen molar-refractivity contribution in [1.82, 2.24) is 4.57 Å². The smallest absolute Gasteiger partial charge is 0.0640 e. The monoisotopic (exact) mass is 744 g/mol. The zero-order valence-electron chi connectivity index (χ0n) is 31.1. The Bertz CT molecular complexity index is 3190. The molecule has 0 spiro atoms. The van der Waals surface area contributed by atoms with Crippen LogP contribution in [0, 0.1) is 0 Å². The van der Waals surface area contributed by atoms with E-state index in [9.17, 15) is 0 Å². The van der Waals surface area contributed by atoms with Gasteiger partial charge in [-0.3, -0.25) is 0 Å². The lowest BCUT2D eigenvalue weighted by Gasteiger charge is -2.27. The minimum Gasteiger partial charge on any atom is -0.309 e. The van der Waals surface area contributed by atoms with E-state index in [1.54, 1.807) is 0 Å². The summed E-state index contributed by atoms with van der Waals surface area (Å²) in [4.78, 5) is 2.42. The van der Waals surface area contributed by atoms with E-state index in [1.165, 1.54) is 86.7 Å². The fourth-order valence-electron chi connectivity index (χ4n) is 8.55. The molecule has 3 heteroatoms. The van der Waals surface area contributed by atoms with E-state index in [2.05, 4.69) is 228 Å². The third kappa shape index (κ3) is 5.71. The number of nitrogens with zero attached hydrogens (tertiary/aromatic N) is 2. The molecule has 9 aromatic carbocycles. The van der Waals surface area contributed by atoms with Gasteiger partial charge in [0, 0.05) is 43.2 Å². The Hall–Kier alpha value is -7.20. The molecule has 0 radical (unpaired) electrons. The molecule has 0 aliphatic heterocycles. The van der Waals surface area contributed by atoms with Crippen molar-refractivity contribution in [2.24, 2.45) is 0 Å². The second kappa shape index (κ2) is 13.8. The summed E-state index contributed by atoms with van der Waals surface area (Å²) in [5, 5.41) is 5.11. The number of aromatic nitrogens is 1. The summed E-state index contributed by atoms with van der Waals surface area (Å²) in [5.41, 5.74) is 14.1. The van der Waals surface area contributed by atoms with Crippen LogP contribution < -0.4 is 4.90 Å². The van der Waals surface area contributed by atoms with Crippen molar-refractivity contribution in [2.45, 2.75) is 0 Å². The van der Waals surface area contributed by atoms with Crippen LogP contribution in [-0.4, -0.2) is 4.57 Å². The van der Waals surface area contributed by atoms with Gasteiger partial charge in [-0.1, -0.05) is 158 Å². The topological polar surface area (TPSA) is 8.17 Å². The molecule has 2 heterocycles. The molecule has 57 heavy (non-hydrogen) atoms. The van der Waals surface area contributed by atoms with Crippen LogP contribution >= 0.6 is 11.3 Å². The van der Waals surface area contributed by atoms with Crippen LogP contribution in [-0.2, 0) is 0 Å². The van der Waals surface area contributed by atoms with Crippen molar-refractivity contribution in [3.05, 3.63) is 218 Å². The summed E-state index contributed by atoms with van der Waals surface area (Å²) in [5.74, 6) is 0. The third-order valence-corrected chi connectivity index (χ3v) is 12.4. The minimum atomic E-state index is 1.11. The Morgan fingerprint density at radius 2 is 0.912 bits per heavy atom. The molecule has 0 atom stereocenters. The molecule has 0 saturated heterocycles. The van der Waals surface area contributed by atoms with Crippen molar-refractivity contribution in [3.63, 3.8) is 0 Å². The number of benzene rings is 9. The molecule has 268 valence electrons. The van der Waals surface area contributed by atoms with Crippen LogP contribution in [0.25, 0.3) is 81.0 Å². The van der Waals surface area contributed by atoms with Crippen LogP contribution in [0.2, 0.25) is 0 Å². The number of anilines is 3. The van der Waals surface area contributed by atoms with Crippen LogP contribution in [0.3, 0.4) is 0 Å². The Morgan fingerprint density at radius 3 is 1.70 bits per heavy atom. The Kier molecular flexibility index (Phi) is 8.04. The normalized spacial score (nSPS) is 11.5. The van der Waals surface area contributed by atoms with Gasteiger partial charge in [0.25, 0.3) is 0 Å². The lowest BCUT2D eigenvalue weighted by Crippen LogP contribution is -2.10. The number of hydrogen-bond acceptors (Lipinski definition) is 2. The van der Waals surface area contributed by atoms with E-state index in [1.807, 2.05) is 11.3 Å². The lowest BCUT2D eigenvalue weighted by molar-refractivity contribution is 1.18. The van der Waals surface area contributed by atoms with Gasteiger partial charge in [-0.05, 0) is 88.5 Å². The molecule has 0 bridgehead atoms. The van der Waals surface area contributed by atoms with Crippen molar-refractivity contribution in [2.75, 3.05) is 4.90 Å². The van der Waals surface area contributed by atoms with Crippen LogP contribution in [0.15, 0.2) is 218 Å². The van der Waals surface area contributed by atoms with E-state index in [-0.39, 0.29) is 0 Å². The van der Waals surface area contributed by atoms with Gasteiger partial charge in [0.05, 0.1) is 27.1 Å². The predicted octanol–water partition coefficient (Wildman–Crippen LogP) is 15.6. The molecule has 11 aromatic rings. The number of fused-ring (bicyclic) bond motifs is 6. The van der Waals surface area contributed by atoms with Crippen LogP contribution in [0.5, 0.6) is 0 Å². The molecular weight excluding hydrogens is 709 g/mol. The van der Waals surface area contributed by atoms with E-state index < -0.39 is 0 Å². The number of thiophene rings is 1. The second-order valence-electron chi connectivity index (χ2n) is 14.5. The molecule has 2 nitrogen and oxygen atoms in total. The molecule has 0 fully saturated rings. The SMILES string of the molecule is c1ccc(-c2cccc(N(c3ccc(-c4cccc(-c5ccccc5-n5c6ccccc6c6ccccc65)c4)cc3)c3cccc4c3sc3ccccc34)c2)cc1. The summed E-state index contributed by atoms with van der Waals surface area (Å²) >= 11 is 1.86. The van der Waals surface area contributed by atoms with E-state index in [4.69, 9.17) is 0 Å². The summed E-state index contributed by atoms with van der Waals surface area (Å²) in [6.07, 6.45) is 0. The average Bonchev–Trinajstić information content (AvgIpc) is 3.84. The standard InChI is InChI=1S/C54H36N2S/c1-2-15-37(16-3-1)40-18-13-20-43(36-40)55(52-29-14-25-48-47-24-7-11-30-53(47)57-54(48)52)42-33-31-38(32-34-42)39-17-12-19-41(35-39)44-21-4-8-26-49(44)56-50-27-9-5-22-45(50)46-23-6-10-28-51(46)56/h1-36H. The zero-order chi connectivity index (χ0) is 37.7. The van der Waals surface area contributed by atoms with Gasteiger partial charge in [0.15, 0.2) is 0 Å². The first-order valence-corrected chi connectivity index (χ1v) is 20.2. The Morgan fingerprint density at radius 1 is 0.351 bits per heavy atom. The first-order valence-electron chi connectivity index (χ1n) is 19.4. The Balaban J connectivity index is 1.02. The maximum Gasteiger partial charge on any atom is 0.0640 e. The molecule has 0 N–H and O–H groups in total. The summed E-state index contributed by atoms with van der Waals surface area (Å²) in [7, 11) is 0. The van der Waals surface area contributed by atoms with E-state index in [0.717, 1.165) is 11.4 Å². The van der Waals surface area contributed by atoms with Crippen molar-refractivity contribution < 1.29 is 0 Å². The predicted molar refractivity (Wildman–Crippen MR) is 245 cm³/mol. The molecular formula is C54H36N2S. The second-order valence-corrected chi connectivity index (χ2v) is 15.6. The molecule has 0 aliphatic rings. The number of hydrogen-bond donors (Lipinski definition) is 0. The average molecular weight is 745 g/mol. The van der Waals surface area contributed by atoms with Gasteiger partial charge in [0.1, 0.15) is 0 Å². The largest absolute Gasteiger partial charge is 0.309 e. The third-order valence-electron chi connectivity index (χ3n) is 11.2. The summed E-state index contributed by atoms with van der Waals surface area (Å²) < 4.78 is 5.00. The number of para-hydroxylation sites is 3. The Labute approximate surface area is 335 Å². The van der Waals surface area contributed by atoms with Gasteiger partial charge in [-0.15, -0.1) is 11.3 Å². The van der Waals surface area contributed by atoms with E-state index >= 15 is 0 Å². The van der Waals surface area contributed by atoms with Gasteiger partial charge in [0.2, 0.25) is 0 Å². The van der Waals surface area contributed by atoms with Crippen molar-refractivity contribution >= 4 is 70.4 Å². The quantitative estimate of drug-likeness (QED) is 0.158. The maximum atomic E-state index is 2.42.